The summed E-state index contributed by atoms with van der Waals surface area (Å²) >= 11 is 4.75. The molecular weight excluding hydrogens is 242 g/mol. The van der Waals surface area contributed by atoms with Crippen LogP contribution in [0.15, 0.2) is 28.7 Å². The van der Waals surface area contributed by atoms with Crippen LogP contribution in [0.2, 0.25) is 5.02 Å². The summed E-state index contributed by atoms with van der Waals surface area (Å²) in [6.45, 7) is 0. The Kier molecular flexibility index (Phi) is 3.57. The largest absolute Gasteiger partial charge is 0.592 e. The molecule has 0 spiro atoms. The molecule has 0 amide bonds. The first kappa shape index (κ1) is 12.0. The van der Waals surface area contributed by atoms with Gasteiger partial charge in [0.2, 0.25) is 0 Å². The summed E-state index contributed by atoms with van der Waals surface area (Å²) in [6.07, 6.45) is 6.80. The average molecular weight is 256 g/mol. The van der Waals surface area contributed by atoms with Crippen molar-refractivity contribution in [1.82, 2.24) is 0 Å². The molecule has 0 saturated heterocycles. The Morgan fingerprint density at radius 3 is 2.44 bits per heavy atom. The lowest BCUT2D eigenvalue weighted by atomic mass is 9.65. The van der Waals surface area contributed by atoms with Crippen molar-refractivity contribution >= 4 is 29.2 Å². The van der Waals surface area contributed by atoms with Gasteiger partial charge in [0.1, 0.15) is 6.26 Å². The van der Waals surface area contributed by atoms with E-state index in [2.05, 4.69) is 4.40 Å². The number of benzene rings is 1. The zero-order valence-electron chi connectivity index (χ0n) is 9.15. The van der Waals surface area contributed by atoms with Gasteiger partial charge in [-0.05, 0) is 30.5 Å². The molecule has 0 heterocycles. The Morgan fingerprint density at radius 1 is 1.38 bits per heavy atom. The average Bonchev–Trinajstić information content (AvgIpc) is 2.18. The maximum atomic E-state index is 11.0. The Balaban J connectivity index is 2.24. The van der Waals surface area contributed by atoms with E-state index >= 15 is 0 Å². The fraction of sp³-hybridized carbons (Fsp3) is 0.417. The van der Waals surface area contributed by atoms with E-state index in [4.69, 9.17) is 11.6 Å². The third-order valence-electron chi connectivity index (χ3n) is 3.11. The van der Waals surface area contributed by atoms with Crippen LogP contribution in [-0.4, -0.2) is 17.0 Å². The van der Waals surface area contributed by atoms with Crippen LogP contribution in [0.1, 0.15) is 24.8 Å². The van der Waals surface area contributed by atoms with Crippen molar-refractivity contribution in [3.05, 3.63) is 34.9 Å². The van der Waals surface area contributed by atoms with Crippen molar-refractivity contribution in [2.24, 2.45) is 4.40 Å². The van der Waals surface area contributed by atoms with Gasteiger partial charge in [-0.3, -0.25) is 0 Å². The molecule has 0 radical (unpaired) electrons. The molecule has 1 saturated carbocycles. The monoisotopic (exact) mass is 255 g/mol. The molecular formula is C12H14ClNOS. The Bertz CT molecular complexity index is 385. The van der Waals surface area contributed by atoms with Crippen molar-refractivity contribution in [2.75, 3.05) is 6.26 Å². The summed E-state index contributed by atoms with van der Waals surface area (Å²) in [5.41, 5.74) is 1.22. The summed E-state index contributed by atoms with van der Waals surface area (Å²) in [5, 5.41) is 0.745. The normalized spacial score (nSPS) is 20.7. The summed E-state index contributed by atoms with van der Waals surface area (Å²) in [4.78, 5) is 0. The molecule has 1 atom stereocenters. The van der Waals surface area contributed by atoms with Crippen molar-refractivity contribution in [3.63, 3.8) is 0 Å². The van der Waals surface area contributed by atoms with E-state index in [1.54, 1.807) is 6.26 Å². The van der Waals surface area contributed by atoms with Gasteiger partial charge in [-0.1, -0.05) is 34.6 Å². The van der Waals surface area contributed by atoms with Crippen LogP contribution in [0, 0.1) is 0 Å². The minimum absolute atomic E-state index is 0.00371. The SMILES string of the molecule is C[S+]([O-])/N=C/C1(c2ccc(Cl)cc2)CCC1. The van der Waals surface area contributed by atoms with Gasteiger partial charge in [0, 0.05) is 10.4 Å². The van der Waals surface area contributed by atoms with Crippen LogP contribution in [-0.2, 0) is 16.8 Å². The highest BCUT2D eigenvalue weighted by Crippen LogP contribution is 2.42. The fourth-order valence-corrected chi connectivity index (χ4v) is 2.48. The van der Waals surface area contributed by atoms with Crippen molar-refractivity contribution in [3.8, 4) is 0 Å². The zero-order chi connectivity index (χ0) is 11.6. The molecule has 16 heavy (non-hydrogen) atoms. The molecule has 0 aromatic heterocycles. The van der Waals surface area contributed by atoms with E-state index in [1.165, 1.54) is 12.0 Å². The van der Waals surface area contributed by atoms with Crippen molar-refractivity contribution < 1.29 is 4.55 Å². The van der Waals surface area contributed by atoms with Crippen molar-refractivity contribution in [1.29, 1.82) is 0 Å². The lowest BCUT2D eigenvalue weighted by Crippen LogP contribution is -2.36. The van der Waals surface area contributed by atoms with Crippen molar-refractivity contribution in [2.45, 2.75) is 24.7 Å². The van der Waals surface area contributed by atoms with E-state index in [9.17, 15) is 4.55 Å². The standard InChI is InChI=1S/C12H14ClNOS/c1-16(15)14-9-12(7-2-8-12)10-3-5-11(13)6-4-10/h3-6,9H,2,7-8H2,1H3/b14-9+. The Labute approximate surface area is 104 Å². The summed E-state index contributed by atoms with van der Waals surface area (Å²) in [5.74, 6) is 0. The predicted molar refractivity (Wildman–Crippen MR) is 69.5 cm³/mol. The lowest BCUT2D eigenvalue weighted by molar-refractivity contribution is 0.348. The van der Waals surface area contributed by atoms with Gasteiger partial charge < -0.3 is 4.55 Å². The molecule has 86 valence electrons. The number of nitrogens with zero attached hydrogens (tertiary/aromatic N) is 1. The molecule has 2 nitrogen and oxygen atoms in total. The number of hydrogen-bond donors (Lipinski definition) is 0. The molecule has 0 aliphatic heterocycles. The van der Waals surface area contributed by atoms with Crippen LogP contribution in [0.4, 0.5) is 0 Å². The number of halogens is 1. The van der Waals surface area contributed by atoms with E-state index < -0.39 is 11.4 Å². The Hall–Kier alpha value is -0.510. The first-order valence-electron chi connectivity index (χ1n) is 5.27. The third-order valence-corrected chi connectivity index (χ3v) is 3.77. The first-order valence-corrected chi connectivity index (χ1v) is 7.16. The van der Waals surface area contributed by atoms with Gasteiger partial charge in [0.15, 0.2) is 0 Å². The van der Waals surface area contributed by atoms with Crippen LogP contribution >= 0.6 is 11.6 Å². The first-order chi connectivity index (χ1) is 7.62. The number of hydrogen-bond acceptors (Lipinski definition) is 2. The third kappa shape index (κ3) is 2.42. The second-order valence-corrected chi connectivity index (χ2v) is 5.67. The maximum absolute atomic E-state index is 11.0. The molecule has 1 aliphatic carbocycles. The second kappa shape index (κ2) is 4.78. The minimum atomic E-state index is -1.11. The predicted octanol–water partition coefficient (Wildman–Crippen LogP) is 3.13. The topological polar surface area (TPSA) is 35.4 Å². The quantitative estimate of drug-likeness (QED) is 0.604. The molecule has 0 bridgehead atoms. The molecule has 4 heteroatoms. The molecule has 1 aliphatic rings. The number of rotatable bonds is 3. The van der Waals surface area contributed by atoms with E-state index in [1.807, 2.05) is 30.5 Å². The Morgan fingerprint density at radius 2 is 2.00 bits per heavy atom. The molecule has 0 N–H and O–H groups in total. The summed E-state index contributed by atoms with van der Waals surface area (Å²) in [6, 6.07) is 7.86. The molecule has 2 rings (SSSR count). The van der Waals surface area contributed by atoms with Gasteiger partial charge in [-0.25, -0.2) is 0 Å². The van der Waals surface area contributed by atoms with Crippen LogP contribution in [0.3, 0.4) is 0 Å². The minimum Gasteiger partial charge on any atom is -0.592 e. The second-order valence-electron chi connectivity index (χ2n) is 4.17. The van der Waals surface area contributed by atoms with Crippen LogP contribution in [0.25, 0.3) is 0 Å². The fourth-order valence-electron chi connectivity index (χ4n) is 2.01. The molecule has 1 aromatic carbocycles. The van der Waals surface area contributed by atoms with Crippen LogP contribution in [0.5, 0.6) is 0 Å². The zero-order valence-corrected chi connectivity index (χ0v) is 10.7. The highest BCUT2D eigenvalue weighted by Gasteiger charge is 2.37. The van der Waals surface area contributed by atoms with Crippen LogP contribution < -0.4 is 0 Å². The van der Waals surface area contributed by atoms with Gasteiger partial charge >= 0.3 is 0 Å². The summed E-state index contributed by atoms with van der Waals surface area (Å²) in [7, 11) is 0. The highest BCUT2D eigenvalue weighted by molar-refractivity contribution is 7.89. The van der Waals surface area contributed by atoms with E-state index in [0.717, 1.165) is 17.9 Å². The molecule has 1 fully saturated rings. The molecule has 1 unspecified atom stereocenters. The van der Waals surface area contributed by atoms with E-state index in [0.29, 0.717) is 0 Å². The van der Waals surface area contributed by atoms with E-state index in [-0.39, 0.29) is 5.41 Å². The van der Waals surface area contributed by atoms with Gasteiger partial charge in [0.25, 0.3) is 0 Å². The maximum Gasteiger partial charge on any atom is 0.123 e. The van der Waals surface area contributed by atoms with Gasteiger partial charge in [-0.2, -0.15) is 0 Å². The lowest BCUT2D eigenvalue weighted by Gasteiger charge is -2.38. The highest BCUT2D eigenvalue weighted by atomic mass is 35.5. The smallest absolute Gasteiger partial charge is 0.123 e. The molecule has 1 aromatic rings. The van der Waals surface area contributed by atoms with Gasteiger partial charge in [-0.15, -0.1) is 0 Å². The van der Waals surface area contributed by atoms with Gasteiger partial charge in [0.05, 0.1) is 17.6 Å². The summed E-state index contributed by atoms with van der Waals surface area (Å²) < 4.78 is 15.0.